The quantitative estimate of drug-likeness (QED) is 0.663. The summed E-state index contributed by atoms with van der Waals surface area (Å²) in [5.74, 6) is -0.233. The average molecular weight is 424 g/mol. The third-order valence-electron chi connectivity index (χ3n) is 6.00. The maximum atomic E-state index is 12.8. The van der Waals surface area contributed by atoms with Gasteiger partial charge in [-0.05, 0) is 37.6 Å². The molecule has 0 spiro atoms. The second-order valence-electron chi connectivity index (χ2n) is 7.87. The first-order chi connectivity index (χ1) is 13.7. The summed E-state index contributed by atoms with van der Waals surface area (Å²) in [6.45, 7) is 1.88. The van der Waals surface area contributed by atoms with Crippen molar-refractivity contribution in [1.82, 2.24) is 15.1 Å². The molecule has 0 radical (unpaired) electrons. The standard InChI is InChI=1S/C20H29N3O5S/c1-22-15(6-9-18(24)28-2)12-21-20(25)19-17(22)10-11-23(19)13-14-4-7-16(8-5-14)29(3,26)27/h4-5,7-8,15,17,19H,6,9-13H2,1-3H3,(H,21,25)/t15-,17-,19-/m0/s1. The van der Waals surface area contributed by atoms with Crippen molar-refractivity contribution in [2.75, 3.05) is 33.5 Å². The Labute approximate surface area is 172 Å². The lowest BCUT2D eigenvalue weighted by molar-refractivity contribution is -0.141. The first kappa shape index (κ1) is 21.7. The summed E-state index contributed by atoms with van der Waals surface area (Å²) in [5.41, 5.74) is 0.972. The minimum absolute atomic E-state index is 0.00711. The first-order valence-electron chi connectivity index (χ1n) is 9.80. The lowest BCUT2D eigenvalue weighted by Gasteiger charge is -2.33. The van der Waals surface area contributed by atoms with Crippen LogP contribution in [0.1, 0.15) is 24.8 Å². The number of amides is 1. The number of nitrogens with zero attached hydrogens (tertiary/aromatic N) is 2. The van der Waals surface area contributed by atoms with Crippen LogP contribution in [0.3, 0.4) is 0 Å². The number of hydrogen-bond donors (Lipinski definition) is 1. The third-order valence-corrected chi connectivity index (χ3v) is 7.12. The molecule has 0 saturated carbocycles. The zero-order valence-electron chi connectivity index (χ0n) is 17.1. The molecule has 0 aliphatic carbocycles. The predicted molar refractivity (Wildman–Crippen MR) is 108 cm³/mol. The number of benzene rings is 1. The summed E-state index contributed by atoms with van der Waals surface area (Å²) in [7, 11) is 0.178. The number of sulfone groups is 1. The molecule has 2 heterocycles. The Hall–Kier alpha value is -1.97. The van der Waals surface area contributed by atoms with E-state index in [1.165, 1.54) is 13.4 Å². The van der Waals surface area contributed by atoms with E-state index >= 15 is 0 Å². The van der Waals surface area contributed by atoms with Crippen LogP contribution in [0, 0.1) is 0 Å². The van der Waals surface area contributed by atoms with Crippen molar-refractivity contribution in [1.29, 1.82) is 0 Å². The molecule has 2 fully saturated rings. The molecule has 1 N–H and O–H groups in total. The van der Waals surface area contributed by atoms with Crippen molar-refractivity contribution in [2.24, 2.45) is 0 Å². The van der Waals surface area contributed by atoms with E-state index in [1.807, 2.05) is 7.05 Å². The van der Waals surface area contributed by atoms with Crippen molar-refractivity contribution in [3.8, 4) is 0 Å². The molecule has 2 aliphatic rings. The van der Waals surface area contributed by atoms with Crippen molar-refractivity contribution >= 4 is 21.7 Å². The Morgan fingerprint density at radius 2 is 1.97 bits per heavy atom. The minimum Gasteiger partial charge on any atom is -0.469 e. The molecule has 3 atom stereocenters. The van der Waals surface area contributed by atoms with Gasteiger partial charge in [-0.1, -0.05) is 12.1 Å². The van der Waals surface area contributed by atoms with Crippen LogP contribution in [-0.2, 0) is 30.7 Å². The molecule has 160 valence electrons. The molecule has 1 aromatic rings. The fourth-order valence-electron chi connectivity index (χ4n) is 4.29. The van der Waals surface area contributed by atoms with Crippen molar-refractivity contribution in [3.63, 3.8) is 0 Å². The molecule has 0 bridgehead atoms. The molecular formula is C20H29N3O5S. The average Bonchev–Trinajstić information content (AvgIpc) is 3.05. The number of ether oxygens (including phenoxy) is 1. The van der Waals surface area contributed by atoms with Gasteiger partial charge in [-0.15, -0.1) is 0 Å². The summed E-state index contributed by atoms with van der Waals surface area (Å²) in [4.78, 5) is 29.0. The van der Waals surface area contributed by atoms with Crippen LogP contribution in [-0.4, -0.2) is 81.7 Å². The topological polar surface area (TPSA) is 96.0 Å². The highest BCUT2D eigenvalue weighted by molar-refractivity contribution is 7.90. The van der Waals surface area contributed by atoms with E-state index in [-0.39, 0.29) is 30.0 Å². The van der Waals surface area contributed by atoms with E-state index in [0.29, 0.717) is 30.8 Å². The molecule has 3 rings (SSSR count). The van der Waals surface area contributed by atoms with Gasteiger partial charge in [0.25, 0.3) is 0 Å². The number of hydrogen-bond acceptors (Lipinski definition) is 7. The molecule has 0 aromatic heterocycles. The lowest BCUT2D eigenvalue weighted by Crippen LogP contribution is -2.49. The van der Waals surface area contributed by atoms with Gasteiger partial charge in [-0.2, -0.15) is 0 Å². The number of carbonyl (C=O) groups is 2. The molecule has 8 nitrogen and oxygen atoms in total. The van der Waals surface area contributed by atoms with Gasteiger partial charge in [-0.3, -0.25) is 19.4 Å². The fourth-order valence-corrected chi connectivity index (χ4v) is 4.92. The molecule has 29 heavy (non-hydrogen) atoms. The van der Waals surface area contributed by atoms with E-state index in [4.69, 9.17) is 4.74 Å². The van der Waals surface area contributed by atoms with Crippen LogP contribution in [0.15, 0.2) is 29.2 Å². The molecule has 0 unspecified atom stereocenters. The van der Waals surface area contributed by atoms with Crippen molar-refractivity contribution in [2.45, 2.75) is 48.8 Å². The molecule has 2 saturated heterocycles. The normalized spacial score (nSPS) is 25.9. The molecule has 9 heteroatoms. The van der Waals surface area contributed by atoms with Gasteiger partial charge in [0.15, 0.2) is 9.84 Å². The summed E-state index contributed by atoms with van der Waals surface area (Å²) in [6, 6.07) is 6.73. The second-order valence-corrected chi connectivity index (χ2v) is 9.88. The highest BCUT2D eigenvalue weighted by Gasteiger charge is 2.44. The van der Waals surface area contributed by atoms with Gasteiger partial charge in [0, 0.05) is 44.4 Å². The third kappa shape index (κ3) is 4.96. The van der Waals surface area contributed by atoms with Crippen molar-refractivity contribution in [3.05, 3.63) is 29.8 Å². The molecular weight excluding hydrogens is 394 g/mol. The van der Waals surface area contributed by atoms with Gasteiger partial charge in [0.1, 0.15) is 6.04 Å². The number of nitrogens with one attached hydrogen (secondary N) is 1. The number of carbonyl (C=O) groups excluding carboxylic acids is 2. The largest absolute Gasteiger partial charge is 0.469 e. The van der Waals surface area contributed by atoms with E-state index in [9.17, 15) is 18.0 Å². The van der Waals surface area contributed by atoms with Crippen molar-refractivity contribution < 1.29 is 22.7 Å². The van der Waals surface area contributed by atoms with E-state index in [1.54, 1.807) is 24.3 Å². The predicted octanol–water partition coefficient (Wildman–Crippen LogP) is 0.416. The Bertz CT molecular complexity index is 855. The van der Waals surface area contributed by atoms with Gasteiger partial charge < -0.3 is 10.1 Å². The summed E-state index contributed by atoms with van der Waals surface area (Å²) < 4.78 is 28.0. The summed E-state index contributed by atoms with van der Waals surface area (Å²) in [6.07, 6.45) is 3.02. The second kappa shape index (κ2) is 8.81. The number of esters is 1. The summed E-state index contributed by atoms with van der Waals surface area (Å²) >= 11 is 0. The van der Waals surface area contributed by atoms with Gasteiger partial charge >= 0.3 is 5.97 Å². The van der Waals surface area contributed by atoms with Crippen LogP contribution in [0.25, 0.3) is 0 Å². The maximum Gasteiger partial charge on any atom is 0.305 e. The Kier molecular flexibility index (Phi) is 6.60. The monoisotopic (exact) mass is 423 g/mol. The summed E-state index contributed by atoms with van der Waals surface area (Å²) in [5, 5.41) is 3.03. The minimum atomic E-state index is -3.22. The van der Waals surface area contributed by atoms with Gasteiger partial charge in [0.2, 0.25) is 5.91 Å². The van der Waals surface area contributed by atoms with E-state index in [0.717, 1.165) is 18.5 Å². The van der Waals surface area contributed by atoms with Crippen LogP contribution in [0.5, 0.6) is 0 Å². The molecule has 2 aliphatic heterocycles. The van der Waals surface area contributed by atoms with Crippen LogP contribution in [0.4, 0.5) is 0 Å². The number of likely N-dealkylation sites (N-methyl/N-ethyl adjacent to an activating group) is 1. The Morgan fingerprint density at radius 1 is 1.28 bits per heavy atom. The highest BCUT2D eigenvalue weighted by atomic mass is 32.2. The van der Waals surface area contributed by atoms with Gasteiger partial charge in [0.05, 0.1) is 12.0 Å². The zero-order valence-corrected chi connectivity index (χ0v) is 17.9. The Balaban J connectivity index is 1.70. The SMILES string of the molecule is COC(=O)CC[C@H]1CNC(=O)[C@@H]2[C@H](CCN2Cc2ccc(S(C)(=O)=O)cc2)N1C. The molecule has 1 aromatic carbocycles. The molecule has 1 amide bonds. The van der Waals surface area contributed by atoms with E-state index < -0.39 is 9.84 Å². The number of fused-ring (bicyclic) bond motifs is 1. The number of likely N-dealkylation sites (tertiary alicyclic amines) is 1. The lowest BCUT2D eigenvalue weighted by atomic mass is 10.0. The fraction of sp³-hybridized carbons (Fsp3) is 0.600. The van der Waals surface area contributed by atoms with Gasteiger partial charge in [-0.25, -0.2) is 8.42 Å². The maximum absolute atomic E-state index is 12.8. The van der Waals surface area contributed by atoms with Crippen LogP contribution < -0.4 is 5.32 Å². The van der Waals surface area contributed by atoms with E-state index in [2.05, 4.69) is 15.1 Å². The number of rotatable bonds is 6. The van der Waals surface area contributed by atoms with Crippen LogP contribution in [0.2, 0.25) is 0 Å². The number of methoxy groups -OCH3 is 1. The Morgan fingerprint density at radius 3 is 2.59 bits per heavy atom. The van der Waals surface area contributed by atoms with Crippen LogP contribution >= 0.6 is 0 Å². The first-order valence-corrected chi connectivity index (χ1v) is 11.7. The zero-order chi connectivity index (χ0) is 21.2. The highest BCUT2D eigenvalue weighted by Crippen LogP contribution is 2.28. The smallest absolute Gasteiger partial charge is 0.305 e.